The van der Waals surface area contributed by atoms with Gasteiger partial charge in [0.1, 0.15) is 5.75 Å². The van der Waals surface area contributed by atoms with Crippen molar-refractivity contribution in [2.24, 2.45) is 4.99 Å². The van der Waals surface area contributed by atoms with Crippen molar-refractivity contribution in [1.29, 1.82) is 0 Å². The van der Waals surface area contributed by atoms with Crippen LogP contribution in [0.3, 0.4) is 0 Å². The molecule has 1 aliphatic heterocycles. The zero-order valence-electron chi connectivity index (χ0n) is 18.5. The summed E-state index contributed by atoms with van der Waals surface area (Å²) in [5.74, 6) is 0.236. The van der Waals surface area contributed by atoms with Gasteiger partial charge in [-0.15, -0.1) is 0 Å². The number of fused-ring (bicyclic) bond motifs is 1. The molecule has 6 nitrogen and oxygen atoms in total. The molecule has 3 aromatic rings. The number of allylic oxidation sites excluding steroid dienone is 1. The summed E-state index contributed by atoms with van der Waals surface area (Å²) in [7, 11) is 0. The highest BCUT2D eigenvalue weighted by atomic mass is 35.5. The molecule has 1 aliphatic rings. The standard InChI is InChI=1S/C25H23ClN2O4S/c1-4-31-19-12-8-17(9-13-19)22-21(24(30)32-5-2)15(3)27-25-28(22)23(29)20(33-25)14-16-6-10-18(26)11-7-16/h6-14,22H,4-5H2,1-3H3. The highest BCUT2D eigenvalue weighted by Gasteiger charge is 2.33. The lowest BCUT2D eigenvalue weighted by molar-refractivity contribution is -0.139. The van der Waals surface area contributed by atoms with E-state index in [1.165, 1.54) is 11.3 Å². The summed E-state index contributed by atoms with van der Waals surface area (Å²) in [5, 5.41) is 0.624. The molecular formula is C25H23ClN2O4S. The number of carbonyl (C=O) groups is 1. The van der Waals surface area contributed by atoms with E-state index >= 15 is 0 Å². The summed E-state index contributed by atoms with van der Waals surface area (Å²) >= 11 is 7.27. The van der Waals surface area contributed by atoms with Crippen LogP contribution in [0.1, 0.15) is 37.9 Å². The van der Waals surface area contributed by atoms with Crippen molar-refractivity contribution in [3.63, 3.8) is 0 Å². The third-order valence-electron chi connectivity index (χ3n) is 5.19. The summed E-state index contributed by atoms with van der Waals surface area (Å²) in [5.41, 5.74) is 2.29. The quantitative estimate of drug-likeness (QED) is 0.500. The van der Waals surface area contributed by atoms with E-state index in [1.807, 2.05) is 43.3 Å². The molecule has 0 fully saturated rings. The van der Waals surface area contributed by atoms with Crippen LogP contribution in [0, 0.1) is 0 Å². The smallest absolute Gasteiger partial charge is 0.338 e. The Morgan fingerprint density at radius 1 is 1.12 bits per heavy atom. The van der Waals surface area contributed by atoms with Crippen LogP contribution in [0.2, 0.25) is 5.02 Å². The molecule has 4 rings (SSSR count). The Hall–Kier alpha value is -3.16. The Morgan fingerprint density at radius 2 is 1.82 bits per heavy atom. The van der Waals surface area contributed by atoms with Crippen molar-refractivity contribution >= 4 is 35.0 Å². The van der Waals surface area contributed by atoms with Gasteiger partial charge in [-0.1, -0.05) is 47.2 Å². The fourth-order valence-corrected chi connectivity index (χ4v) is 4.90. The zero-order chi connectivity index (χ0) is 23.5. The number of esters is 1. The number of hydrogen-bond acceptors (Lipinski definition) is 6. The summed E-state index contributed by atoms with van der Waals surface area (Å²) < 4.78 is 13.0. The lowest BCUT2D eigenvalue weighted by Crippen LogP contribution is -2.39. The molecule has 0 radical (unpaired) electrons. The van der Waals surface area contributed by atoms with Gasteiger partial charge in [-0.2, -0.15) is 0 Å². The normalized spacial score (nSPS) is 15.8. The Kier molecular flexibility index (Phi) is 6.81. The largest absolute Gasteiger partial charge is 0.494 e. The lowest BCUT2D eigenvalue weighted by Gasteiger charge is -2.24. The van der Waals surface area contributed by atoms with E-state index < -0.39 is 12.0 Å². The minimum absolute atomic E-state index is 0.220. The van der Waals surface area contributed by atoms with Gasteiger partial charge >= 0.3 is 5.97 Å². The van der Waals surface area contributed by atoms with Gasteiger partial charge in [0.2, 0.25) is 0 Å². The third-order valence-corrected chi connectivity index (χ3v) is 6.43. The van der Waals surface area contributed by atoms with E-state index in [-0.39, 0.29) is 12.2 Å². The molecule has 0 spiro atoms. The molecule has 0 aliphatic carbocycles. The van der Waals surface area contributed by atoms with Gasteiger partial charge in [0.05, 0.1) is 35.1 Å². The van der Waals surface area contributed by atoms with Crippen molar-refractivity contribution in [3.8, 4) is 5.75 Å². The number of thiazole rings is 1. The first-order chi connectivity index (χ1) is 15.9. The molecule has 2 aromatic carbocycles. The number of halogens is 1. The van der Waals surface area contributed by atoms with Crippen LogP contribution < -0.4 is 19.6 Å². The van der Waals surface area contributed by atoms with Crippen LogP contribution in [-0.4, -0.2) is 23.8 Å². The highest BCUT2D eigenvalue weighted by molar-refractivity contribution is 7.07. The van der Waals surface area contributed by atoms with E-state index in [9.17, 15) is 9.59 Å². The Balaban J connectivity index is 1.90. The van der Waals surface area contributed by atoms with Crippen LogP contribution in [0.4, 0.5) is 0 Å². The van der Waals surface area contributed by atoms with Crippen molar-refractivity contribution in [2.75, 3.05) is 13.2 Å². The Morgan fingerprint density at radius 3 is 2.45 bits per heavy atom. The van der Waals surface area contributed by atoms with Crippen LogP contribution in [0.25, 0.3) is 6.08 Å². The van der Waals surface area contributed by atoms with E-state index in [0.29, 0.717) is 32.2 Å². The Labute approximate surface area is 200 Å². The molecule has 0 amide bonds. The van der Waals surface area contributed by atoms with Crippen LogP contribution in [0.15, 0.2) is 69.6 Å². The molecule has 1 aromatic heterocycles. The topological polar surface area (TPSA) is 69.9 Å². The number of rotatable bonds is 6. The first-order valence-corrected chi connectivity index (χ1v) is 11.8. The second-order valence-electron chi connectivity index (χ2n) is 7.36. The zero-order valence-corrected chi connectivity index (χ0v) is 20.1. The summed E-state index contributed by atoms with van der Waals surface area (Å²) in [6.07, 6.45) is 1.80. The Bertz CT molecular complexity index is 1390. The summed E-state index contributed by atoms with van der Waals surface area (Å²) in [6, 6.07) is 14.0. The predicted molar refractivity (Wildman–Crippen MR) is 129 cm³/mol. The molecular weight excluding hydrogens is 460 g/mol. The van der Waals surface area contributed by atoms with E-state index in [0.717, 1.165) is 16.9 Å². The van der Waals surface area contributed by atoms with Gasteiger partial charge in [0.15, 0.2) is 4.80 Å². The van der Waals surface area contributed by atoms with Gasteiger partial charge in [-0.3, -0.25) is 9.36 Å². The van der Waals surface area contributed by atoms with Crippen molar-refractivity contribution < 1.29 is 14.3 Å². The fraction of sp³-hybridized carbons (Fsp3) is 0.240. The first kappa shape index (κ1) is 23.0. The predicted octanol–water partition coefficient (Wildman–Crippen LogP) is 3.85. The monoisotopic (exact) mass is 482 g/mol. The van der Waals surface area contributed by atoms with Crippen molar-refractivity contribution in [1.82, 2.24) is 4.57 Å². The number of ether oxygens (including phenoxy) is 2. The number of nitrogens with zero attached hydrogens (tertiary/aromatic N) is 2. The summed E-state index contributed by atoms with van der Waals surface area (Å²) in [6.45, 7) is 6.21. The van der Waals surface area contributed by atoms with E-state index in [1.54, 1.807) is 36.6 Å². The highest BCUT2D eigenvalue weighted by Crippen LogP contribution is 2.31. The second kappa shape index (κ2) is 9.77. The average Bonchev–Trinajstić information content (AvgIpc) is 3.10. The molecule has 33 heavy (non-hydrogen) atoms. The molecule has 1 unspecified atom stereocenters. The molecule has 0 N–H and O–H groups in total. The van der Waals surface area contributed by atoms with E-state index in [2.05, 4.69) is 4.99 Å². The summed E-state index contributed by atoms with van der Waals surface area (Å²) in [4.78, 5) is 31.6. The number of hydrogen-bond donors (Lipinski definition) is 0. The minimum atomic E-state index is -0.650. The van der Waals surface area contributed by atoms with Crippen molar-refractivity contribution in [3.05, 3.63) is 95.6 Å². The number of aromatic nitrogens is 1. The minimum Gasteiger partial charge on any atom is -0.494 e. The van der Waals surface area contributed by atoms with Crippen LogP contribution in [-0.2, 0) is 9.53 Å². The number of carbonyl (C=O) groups excluding carboxylic acids is 1. The SMILES string of the molecule is CCOC(=O)C1=C(C)N=c2sc(=Cc3ccc(Cl)cc3)c(=O)n2C1c1ccc(OCC)cc1. The maximum atomic E-state index is 13.5. The maximum absolute atomic E-state index is 13.5. The first-order valence-electron chi connectivity index (χ1n) is 10.6. The molecule has 2 heterocycles. The van der Waals surface area contributed by atoms with Gasteiger partial charge in [-0.25, -0.2) is 9.79 Å². The molecule has 0 saturated heterocycles. The van der Waals surface area contributed by atoms with Gasteiger partial charge in [-0.05, 0) is 62.2 Å². The molecule has 0 saturated carbocycles. The van der Waals surface area contributed by atoms with Gasteiger partial charge in [0, 0.05) is 5.02 Å². The van der Waals surface area contributed by atoms with E-state index in [4.69, 9.17) is 21.1 Å². The third kappa shape index (κ3) is 4.65. The number of benzene rings is 2. The second-order valence-corrected chi connectivity index (χ2v) is 8.80. The maximum Gasteiger partial charge on any atom is 0.338 e. The van der Waals surface area contributed by atoms with Crippen molar-refractivity contribution in [2.45, 2.75) is 26.8 Å². The van der Waals surface area contributed by atoms with Gasteiger partial charge < -0.3 is 9.47 Å². The average molecular weight is 483 g/mol. The molecule has 170 valence electrons. The van der Waals surface area contributed by atoms with Gasteiger partial charge in [0.25, 0.3) is 5.56 Å². The van der Waals surface area contributed by atoms with Crippen LogP contribution >= 0.6 is 22.9 Å². The molecule has 8 heteroatoms. The molecule has 1 atom stereocenters. The lowest BCUT2D eigenvalue weighted by atomic mass is 9.96. The fourth-order valence-electron chi connectivity index (χ4n) is 3.73. The van der Waals surface area contributed by atoms with Crippen LogP contribution in [0.5, 0.6) is 5.75 Å². The molecule has 0 bridgehead atoms.